The van der Waals surface area contributed by atoms with Gasteiger partial charge in [-0.1, -0.05) is 20.3 Å². The van der Waals surface area contributed by atoms with Gasteiger partial charge in [0.1, 0.15) is 5.82 Å². The lowest BCUT2D eigenvalue weighted by Gasteiger charge is -2.41. The lowest BCUT2D eigenvalue weighted by atomic mass is 9.67. The average molecular weight is 275 g/mol. The van der Waals surface area contributed by atoms with Crippen LogP contribution in [0.3, 0.4) is 0 Å². The molecule has 1 aliphatic carbocycles. The van der Waals surface area contributed by atoms with Crippen LogP contribution in [0.4, 0.5) is 5.82 Å². The van der Waals surface area contributed by atoms with Crippen LogP contribution in [0.25, 0.3) is 0 Å². The van der Waals surface area contributed by atoms with Crippen LogP contribution >= 0.6 is 0 Å². The molecule has 0 saturated heterocycles. The first-order valence-corrected chi connectivity index (χ1v) is 7.67. The van der Waals surface area contributed by atoms with E-state index >= 15 is 0 Å². The molecule has 1 aliphatic rings. The van der Waals surface area contributed by atoms with E-state index in [0.717, 1.165) is 31.7 Å². The summed E-state index contributed by atoms with van der Waals surface area (Å²) in [6.45, 7) is 5.98. The van der Waals surface area contributed by atoms with Crippen LogP contribution in [0, 0.1) is 5.41 Å². The average Bonchev–Trinajstić information content (AvgIpc) is 2.44. The fraction of sp³-hybridized carbons (Fsp3) is 0.625. The van der Waals surface area contributed by atoms with E-state index in [1.165, 1.54) is 19.3 Å². The predicted octanol–water partition coefficient (Wildman–Crippen LogP) is 3.21. The van der Waals surface area contributed by atoms with Crippen molar-refractivity contribution >= 4 is 11.7 Å². The molecule has 0 aromatic carbocycles. The van der Waals surface area contributed by atoms with Crippen LogP contribution in [-0.2, 0) is 0 Å². The van der Waals surface area contributed by atoms with Gasteiger partial charge in [-0.15, -0.1) is 0 Å². The number of rotatable bonds is 7. The van der Waals surface area contributed by atoms with E-state index in [4.69, 9.17) is 0 Å². The van der Waals surface area contributed by atoms with Crippen molar-refractivity contribution in [2.75, 3.05) is 18.4 Å². The molecule has 0 radical (unpaired) electrons. The highest BCUT2D eigenvalue weighted by atomic mass is 16.1. The summed E-state index contributed by atoms with van der Waals surface area (Å²) >= 11 is 0. The van der Waals surface area contributed by atoms with Crippen LogP contribution in [0.2, 0.25) is 0 Å². The summed E-state index contributed by atoms with van der Waals surface area (Å²) in [6.07, 6.45) is 7.65. The molecule has 0 spiro atoms. The zero-order valence-electron chi connectivity index (χ0n) is 12.5. The Bertz CT molecular complexity index is 449. The van der Waals surface area contributed by atoms with E-state index in [-0.39, 0.29) is 5.91 Å². The molecule has 1 saturated carbocycles. The van der Waals surface area contributed by atoms with Gasteiger partial charge >= 0.3 is 0 Å². The second-order valence-electron chi connectivity index (χ2n) is 5.75. The second-order valence-corrected chi connectivity index (χ2v) is 5.75. The minimum Gasteiger partial charge on any atom is -0.370 e. The summed E-state index contributed by atoms with van der Waals surface area (Å²) in [4.78, 5) is 16.4. The van der Waals surface area contributed by atoms with Crippen LogP contribution in [0.15, 0.2) is 18.3 Å². The number of hydrogen-bond donors (Lipinski definition) is 2. The van der Waals surface area contributed by atoms with Gasteiger partial charge in [-0.25, -0.2) is 4.98 Å². The van der Waals surface area contributed by atoms with Crippen molar-refractivity contribution in [3.05, 3.63) is 23.9 Å². The largest absolute Gasteiger partial charge is 0.370 e. The standard InChI is InChI=1S/C16H25N3O/c1-3-9-17-14-11-13(6-10-18-14)15(20)19-12-16(4-2)7-5-8-16/h6,10-11H,3-5,7-9,12H2,1-2H3,(H,17,18)(H,19,20). The van der Waals surface area contributed by atoms with Crippen LogP contribution in [0.1, 0.15) is 56.3 Å². The molecule has 4 heteroatoms. The highest BCUT2D eigenvalue weighted by Gasteiger charge is 2.35. The molecule has 1 amide bonds. The Morgan fingerprint density at radius 1 is 1.40 bits per heavy atom. The number of pyridine rings is 1. The molecule has 1 heterocycles. The molecule has 0 atom stereocenters. The normalized spacial score (nSPS) is 16.3. The van der Waals surface area contributed by atoms with Gasteiger partial charge in [0.25, 0.3) is 5.91 Å². The zero-order chi connectivity index (χ0) is 14.4. The molecule has 4 nitrogen and oxygen atoms in total. The molecule has 2 N–H and O–H groups in total. The molecular weight excluding hydrogens is 250 g/mol. The minimum absolute atomic E-state index is 0.00618. The lowest BCUT2D eigenvalue weighted by molar-refractivity contribution is 0.0850. The number of nitrogens with one attached hydrogen (secondary N) is 2. The molecule has 0 unspecified atom stereocenters. The summed E-state index contributed by atoms with van der Waals surface area (Å²) < 4.78 is 0. The second kappa shape index (κ2) is 6.73. The summed E-state index contributed by atoms with van der Waals surface area (Å²) in [7, 11) is 0. The van der Waals surface area contributed by atoms with Crippen molar-refractivity contribution in [3.8, 4) is 0 Å². The first kappa shape index (κ1) is 14.8. The van der Waals surface area contributed by atoms with Gasteiger partial charge < -0.3 is 10.6 Å². The Labute approximate surface area is 121 Å². The predicted molar refractivity (Wildman–Crippen MR) is 81.9 cm³/mol. The van der Waals surface area contributed by atoms with Crippen molar-refractivity contribution in [1.82, 2.24) is 10.3 Å². The van der Waals surface area contributed by atoms with Crippen molar-refractivity contribution in [2.45, 2.75) is 46.0 Å². The van der Waals surface area contributed by atoms with Crippen molar-refractivity contribution in [1.29, 1.82) is 0 Å². The van der Waals surface area contributed by atoms with Crippen LogP contribution < -0.4 is 10.6 Å². The van der Waals surface area contributed by atoms with Gasteiger partial charge in [-0.2, -0.15) is 0 Å². The summed E-state index contributed by atoms with van der Waals surface area (Å²) in [5.74, 6) is 0.778. The lowest BCUT2D eigenvalue weighted by Crippen LogP contribution is -2.41. The third-order valence-corrected chi connectivity index (χ3v) is 4.37. The van der Waals surface area contributed by atoms with Gasteiger partial charge in [0.05, 0.1) is 0 Å². The summed E-state index contributed by atoms with van der Waals surface area (Å²) in [5.41, 5.74) is 1.04. The van der Waals surface area contributed by atoms with E-state index in [1.807, 2.05) is 6.07 Å². The third-order valence-electron chi connectivity index (χ3n) is 4.37. The molecule has 110 valence electrons. The molecular formula is C16H25N3O. The number of carbonyl (C=O) groups excluding carboxylic acids is 1. The van der Waals surface area contributed by atoms with Gasteiger partial charge in [-0.05, 0) is 43.2 Å². The van der Waals surface area contributed by atoms with E-state index in [0.29, 0.717) is 11.0 Å². The molecule has 0 aliphatic heterocycles. The topological polar surface area (TPSA) is 54.0 Å². The highest BCUT2D eigenvalue weighted by Crippen LogP contribution is 2.43. The fourth-order valence-corrected chi connectivity index (χ4v) is 2.62. The Morgan fingerprint density at radius 2 is 2.20 bits per heavy atom. The Kier molecular flexibility index (Phi) is 4.99. The number of hydrogen-bond acceptors (Lipinski definition) is 3. The quantitative estimate of drug-likeness (QED) is 0.803. The molecule has 1 aromatic rings. The number of anilines is 1. The third kappa shape index (κ3) is 3.50. The first-order valence-electron chi connectivity index (χ1n) is 7.67. The van der Waals surface area contributed by atoms with Gasteiger partial charge in [0.15, 0.2) is 0 Å². The minimum atomic E-state index is 0.00618. The van der Waals surface area contributed by atoms with Crippen LogP contribution in [0.5, 0.6) is 0 Å². The fourth-order valence-electron chi connectivity index (χ4n) is 2.62. The van der Waals surface area contributed by atoms with Crippen molar-refractivity contribution in [2.24, 2.45) is 5.41 Å². The molecule has 20 heavy (non-hydrogen) atoms. The monoisotopic (exact) mass is 275 g/mol. The number of carbonyl (C=O) groups is 1. The maximum Gasteiger partial charge on any atom is 0.251 e. The molecule has 1 aromatic heterocycles. The van der Waals surface area contributed by atoms with Gasteiger partial charge in [-0.3, -0.25) is 4.79 Å². The van der Waals surface area contributed by atoms with Crippen molar-refractivity contribution < 1.29 is 4.79 Å². The zero-order valence-corrected chi connectivity index (χ0v) is 12.5. The Morgan fingerprint density at radius 3 is 2.80 bits per heavy atom. The van der Waals surface area contributed by atoms with E-state index < -0.39 is 0 Å². The van der Waals surface area contributed by atoms with Crippen molar-refractivity contribution in [3.63, 3.8) is 0 Å². The smallest absolute Gasteiger partial charge is 0.251 e. The summed E-state index contributed by atoms with van der Waals surface area (Å²) in [6, 6.07) is 3.59. The molecule has 0 bridgehead atoms. The number of nitrogens with zero attached hydrogens (tertiary/aromatic N) is 1. The SMILES string of the molecule is CCCNc1cc(C(=O)NCC2(CC)CCC2)ccn1. The Balaban J connectivity index is 1.91. The Hall–Kier alpha value is -1.58. The van der Waals surface area contributed by atoms with Gasteiger partial charge in [0.2, 0.25) is 0 Å². The summed E-state index contributed by atoms with van der Waals surface area (Å²) in [5, 5.41) is 6.29. The first-order chi connectivity index (χ1) is 9.69. The van der Waals surface area contributed by atoms with Crippen LogP contribution in [-0.4, -0.2) is 24.0 Å². The molecule has 1 fully saturated rings. The number of amides is 1. The highest BCUT2D eigenvalue weighted by molar-refractivity contribution is 5.94. The maximum absolute atomic E-state index is 12.2. The molecule has 2 rings (SSSR count). The van der Waals surface area contributed by atoms with E-state index in [2.05, 4.69) is 29.5 Å². The van der Waals surface area contributed by atoms with E-state index in [1.54, 1.807) is 12.3 Å². The van der Waals surface area contributed by atoms with E-state index in [9.17, 15) is 4.79 Å². The van der Waals surface area contributed by atoms with Gasteiger partial charge in [0, 0.05) is 24.8 Å². The number of aromatic nitrogens is 1. The maximum atomic E-state index is 12.2.